The highest BCUT2D eigenvalue weighted by Gasteiger charge is 2.14. The standard InChI is InChI=1S/C20H22ClN3O/c1-3-24(4-2)13-12-22-20(25)16-10-7-9-15-18(21)14-8-5-6-11-17(14)23-19(15)16/h5-11H,3-4,12-13H2,1-2H3,(H,22,25). The van der Waals surface area contributed by atoms with Crippen LogP contribution in [0.2, 0.25) is 5.02 Å². The van der Waals surface area contributed by atoms with Gasteiger partial charge in [0.1, 0.15) is 0 Å². The molecule has 5 heteroatoms. The lowest BCUT2D eigenvalue weighted by Gasteiger charge is -2.18. The highest BCUT2D eigenvalue weighted by Crippen LogP contribution is 2.31. The Hall–Kier alpha value is -2.17. The highest BCUT2D eigenvalue weighted by molar-refractivity contribution is 6.40. The smallest absolute Gasteiger partial charge is 0.253 e. The van der Waals surface area contributed by atoms with Gasteiger partial charge >= 0.3 is 0 Å². The number of hydrogen-bond donors (Lipinski definition) is 1. The minimum Gasteiger partial charge on any atom is -0.351 e. The number of nitrogens with one attached hydrogen (secondary N) is 1. The Bertz CT molecular complexity index is 906. The van der Waals surface area contributed by atoms with Gasteiger partial charge in [0.05, 0.1) is 21.6 Å². The summed E-state index contributed by atoms with van der Waals surface area (Å²) in [6.07, 6.45) is 0. The van der Waals surface area contributed by atoms with Crippen molar-refractivity contribution >= 4 is 39.3 Å². The van der Waals surface area contributed by atoms with Crippen molar-refractivity contribution in [2.75, 3.05) is 26.2 Å². The molecule has 0 bridgehead atoms. The summed E-state index contributed by atoms with van der Waals surface area (Å²) in [4.78, 5) is 19.6. The molecule has 1 amide bonds. The number of benzene rings is 2. The molecule has 0 saturated carbocycles. The van der Waals surface area contributed by atoms with Gasteiger partial charge in [-0.1, -0.05) is 55.8 Å². The van der Waals surface area contributed by atoms with Gasteiger partial charge in [-0.05, 0) is 25.2 Å². The zero-order valence-electron chi connectivity index (χ0n) is 14.6. The molecule has 3 rings (SSSR count). The molecule has 130 valence electrons. The summed E-state index contributed by atoms with van der Waals surface area (Å²) in [5, 5.41) is 5.33. The predicted molar refractivity (Wildman–Crippen MR) is 104 cm³/mol. The molecule has 0 aliphatic carbocycles. The molecule has 1 N–H and O–H groups in total. The van der Waals surface area contributed by atoms with Crippen molar-refractivity contribution in [3.63, 3.8) is 0 Å². The van der Waals surface area contributed by atoms with Crippen LogP contribution >= 0.6 is 11.6 Å². The molecule has 2 aromatic carbocycles. The Morgan fingerprint density at radius 3 is 2.56 bits per heavy atom. The van der Waals surface area contributed by atoms with Crippen molar-refractivity contribution in [2.24, 2.45) is 0 Å². The molecule has 0 aliphatic heterocycles. The molecule has 0 aliphatic rings. The van der Waals surface area contributed by atoms with Gasteiger partial charge in [-0.25, -0.2) is 4.98 Å². The first-order valence-electron chi connectivity index (χ1n) is 8.63. The number of fused-ring (bicyclic) bond motifs is 2. The van der Waals surface area contributed by atoms with Crippen LogP contribution in [-0.4, -0.2) is 42.0 Å². The molecule has 0 radical (unpaired) electrons. The zero-order valence-corrected chi connectivity index (χ0v) is 15.3. The number of halogens is 1. The molecule has 4 nitrogen and oxygen atoms in total. The number of carbonyl (C=O) groups is 1. The maximum absolute atomic E-state index is 12.7. The van der Waals surface area contributed by atoms with E-state index < -0.39 is 0 Å². The molecule has 3 aromatic rings. The van der Waals surface area contributed by atoms with E-state index in [1.54, 1.807) is 6.07 Å². The number of hydrogen-bond acceptors (Lipinski definition) is 3. The van der Waals surface area contributed by atoms with Crippen molar-refractivity contribution < 1.29 is 4.79 Å². The Kier molecular flexibility index (Phi) is 5.51. The van der Waals surface area contributed by atoms with E-state index in [-0.39, 0.29) is 5.91 Å². The van der Waals surface area contributed by atoms with Crippen molar-refractivity contribution in [3.8, 4) is 0 Å². The highest BCUT2D eigenvalue weighted by atomic mass is 35.5. The second-order valence-electron chi connectivity index (χ2n) is 5.93. The molecule has 1 heterocycles. The lowest BCUT2D eigenvalue weighted by Crippen LogP contribution is -2.34. The number of amides is 1. The van der Waals surface area contributed by atoms with Gasteiger partial charge in [0, 0.05) is 23.9 Å². The molecular weight excluding hydrogens is 334 g/mol. The fourth-order valence-corrected chi connectivity index (χ4v) is 3.32. The number of para-hydroxylation sites is 2. The number of likely N-dealkylation sites (N-methyl/N-ethyl adjacent to an activating group) is 1. The summed E-state index contributed by atoms with van der Waals surface area (Å²) in [7, 11) is 0. The van der Waals surface area contributed by atoms with Crippen molar-refractivity contribution in [1.29, 1.82) is 0 Å². The van der Waals surface area contributed by atoms with Crippen LogP contribution in [-0.2, 0) is 0 Å². The van der Waals surface area contributed by atoms with E-state index in [2.05, 4.69) is 29.0 Å². The summed E-state index contributed by atoms with van der Waals surface area (Å²) in [5.41, 5.74) is 2.00. The van der Waals surface area contributed by atoms with Crippen LogP contribution in [0.4, 0.5) is 0 Å². The molecular formula is C20H22ClN3O. The van der Waals surface area contributed by atoms with Gasteiger partial charge < -0.3 is 10.2 Å². The van der Waals surface area contributed by atoms with Crippen LogP contribution < -0.4 is 5.32 Å². The number of rotatable bonds is 6. The number of nitrogens with zero attached hydrogens (tertiary/aromatic N) is 2. The fourth-order valence-electron chi connectivity index (χ4n) is 3.01. The fraction of sp³-hybridized carbons (Fsp3) is 0.300. The van der Waals surface area contributed by atoms with Crippen LogP contribution in [0.25, 0.3) is 21.8 Å². The van der Waals surface area contributed by atoms with Gasteiger partial charge in [0.15, 0.2) is 0 Å². The second-order valence-corrected chi connectivity index (χ2v) is 6.31. The van der Waals surface area contributed by atoms with Gasteiger partial charge in [0.2, 0.25) is 0 Å². The molecule has 0 spiro atoms. The van der Waals surface area contributed by atoms with Crippen LogP contribution in [0.15, 0.2) is 42.5 Å². The Labute approximate surface area is 152 Å². The van der Waals surface area contributed by atoms with E-state index in [9.17, 15) is 4.79 Å². The van der Waals surface area contributed by atoms with Crippen LogP contribution in [0.3, 0.4) is 0 Å². The minimum absolute atomic E-state index is 0.114. The molecule has 1 aromatic heterocycles. The van der Waals surface area contributed by atoms with E-state index in [4.69, 9.17) is 11.6 Å². The third-order valence-electron chi connectivity index (χ3n) is 4.50. The van der Waals surface area contributed by atoms with E-state index >= 15 is 0 Å². The first kappa shape index (κ1) is 17.6. The predicted octanol–water partition coefficient (Wildman–Crippen LogP) is 4.11. The van der Waals surface area contributed by atoms with E-state index in [0.717, 1.165) is 35.9 Å². The van der Waals surface area contributed by atoms with Crippen LogP contribution in [0, 0.1) is 0 Å². The third kappa shape index (κ3) is 3.60. The summed E-state index contributed by atoms with van der Waals surface area (Å²) < 4.78 is 0. The second kappa shape index (κ2) is 7.81. The topological polar surface area (TPSA) is 45.2 Å². The Balaban J connectivity index is 1.92. The van der Waals surface area contributed by atoms with E-state index in [1.807, 2.05) is 36.4 Å². The van der Waals surface area contributed by atoms with Crippen LogP contribution in [0.5, 0.6) is 0 Å². The Morgan fingerprint density at radius 2 is 1.80 bits per heavy atom. The van der Waals surface area contributed by atoms with Crippen molar-refractivity contribution in [1.82, 2.24) is 15.2 Å². The lowest BCUT2D eigenvalue weighted by atomic mass is 10.1. The zero-order chi connectivity index (χ0) is 17.8. The summed E-state index contributed by atoms with van der Waals surface area (Å²) in [6, 6.07) is 13.3. The number of carbonyl (C=O) groups excluding carboxylic acids is 1. The molecule has 0 saturated heterocycles. The normalized spacial score (nSPS) is 11.4. The summed E-state index contributed by atoms with van der Waals surface area (Å²) in [6.45, 7) is 7.63. The van der Waals surface area contributed by atoms with Crippen molar-refractivity contribution in [3.05, 3.63) is 53.1 Å². The maximum Gasteiger partial charge on any atom is 0.253 e. The monoisotopic (exact) mass is 355 g/mol. The third-order valence-corrected chi connectivity index (χ3v) is 4.91. The Morgan fingerprint density at radius 1 is 1.08 bits per heavy atom. The summed E-state index contributed by atoms with van der Waals surface area (Å²) >= 11 is 6.56. The average molecular weight is 356 g/mol. The number of aromatic nitrogens is 1. The number of pyridine rings is 1. The van der Waals surface area contributed by atoms with E-state index in [1.165, 1.54) is 0 Å². The molecule has 0 atom stereocenters. The lowest BCUT2D eigenvalue weighted by molar-refractivity contribution is 0.0950. The molecule has 0 fully saturated rings. The van der Waals surface area contributed by atoms with Gasteiger partial charge in [0.25, 0.3) is 5.91 Å². The van der Waals surface area contributed by atoms with Gasteiger partial charge in [-0.15, -0.1) is 0 Å². The quantitative estimate of drug-likeness (QED) is 0.677. The molecule has 0 unspecified atom stereocenters. The SMILES string of the molecule is CCN(CC)CCNC(=O)c1cccc2c(Cl)c3ccccc3nc12. The summed E-state index contributed by atoms with van der Waals surface area (Å²) in [5.74, 6) is -0.114. The minimum atomic E-state index is -0.114. The van der Waals surface area contributed by atoms with Gasteiger partial charge in [-0.3, -0.25) is 4.79 Å². The van der Waals surface area contributed by atoms with E-state index in [0.29, 0.717) is 22.6 Å². The first-order valence-corrected chi connectivity index (χ1v) is 9.01. The first-order chi connectivity index (χ1) is 12.2. The maximum atomic E-state index is 12.7. The van der Waals surface area contributed by atoms with Crippen molar-refractivity contribution in [2.45, 2.75) is 13.8 Å². The average Bonchev–Trinajstić information content (AvgIpc) is 2.65. The largest absolute Gasteiger partial charge is 0.351 e. The van der Waals surface area contributed by atoms with Gasteiger partial charge in [-0.2, -0.15) is 0 Å². The van der Waals surface area contributed by atoms with Crippen LogP contribution in [0.1, 0.15) is 24.2 Å². The molecule has 25 heavy (non-hydrogen) atoms.